The molecule has 1 fully saturated rings. The molecule has 3 heterocycles. The second-order valence-corrected chi connectivity index (χ2v) is 6.62. The third kappa shape index (κ3) is 3.36. The smallest absolute Gasteiger partial charge is 0.273 e. The molecule has 0 aromatic carbocycles. The van der Waals surface area contributed by atoms with Crippen molar-refractivity contribution in [2.24, 2.45) is 0 Å². The van der Waals surface area contributed by atoms with Gasteiger partial charge >= 0.3 is 0 Å². The number of aryl methyl sites for hydroxylation is 1. The highest BCUT2D eigenvalue weighted by Gasteiger charge is 2.26. The number of nitrogens with zero attached hydrogens (tertiary/aromatic N) is 3. The number of anilines is 1. The first-order chi connectivity index (χ1) is 10.2. The van der Waals surface area contributed by atoms with Crippen LogP contribution in [-0.2, 0) is 6.61 Å². The molecule has 0 saturated carbocycles. The highest BCUT2D eigenvalue weighted by Crippen LogP contribution is 2.28. The summed E-state index contributed by atoms with van der Waals surface area (Å²) in [5.74, 6) is 0. The summed E-state index contributed by atoms with van der Waals surface area (Å²) in [4.78, 5) is 10.9. The van der Waals surface area contributed by atoms with Crippen LogP contribution < -0.4 is 9.64 Å². The van der Waals surface area contributed by atoms with Gasteiger partial charge in [0, 0.05) is 18.3 Å². The van der Waals surface area contributed by atoms with Crippen molar-refractivity contribution in [1.82, 2.24) is 9.97 Å². The lowest BCUT2D eigenvalue weighted by Gasteiger charge is -2.20. The zero-order valence-corrected chi connectivity index (χ0v) is 14.0. The molecule has 2 aromatic rings. The van der Waals surface area contributed by atoms with Crippen LogP contribution in [0.2, 0.25) is 0 Å². The molecule has 5 nitrogen and oxygen atoms in total. The summed E-state index contributed by atoms with van der Waals surface area (Å²) >= 11 is 4.86. The molecule has 1 aliphatic rings. The summed E-state index contributed by atoms with van der Waals surface area (Å²) in [6.07, 6.45) is 1.07. The zero-order valence-electron chi connectivity index (χ0n) is 11.6. The van der Waals surface area contributed by atoms with Crippen molar-refractivity contribution >= 4 is 33.0 Å². The second kappa shape index (κ2) is 6.29. The van der Waals surface area contributed by atoms with Crippen LogP contribution in [-0.4, -0.2) is 34.3 Å². The quantitative estimate of drug-likeness (QED) is 0.839. The van der Waals surface area contributed by atoms with E-state index >= 15 is 0 Å². The summed E-state index contributed by atoms with van der Waals surface area (Å²) in [5.41, 5.74) is 2.65. The van der Waals surface area contributed by atoms with E-state index < -0.39 is 0 Å². The molecule has 1 N–H and O–H groups in total. The van der Waals surface area contributed by atoms with E-state index in [4.69, 9.17) is 4.74 Å². The van der Waals surface area contributed by atoms with Gasteiger partial charge in [-0.2, -0.15) is 0 Å². The Hall–Kier alpha value is -1.18. The van der Waals surface area contributed by atoms with E-state index in [0.29, 0.717) is 5.69 Å². The van der Waals surface area contributed by atoms with Gasteiger partial charge in [0.25, 0.3) is 5.19 Å². The lowest BCUT2D eigenvalue weighted by atomic mass is 10.3. The van der Waals surface area contributed by atoms with Gasteiger partial charge in [-0.1, -0.05) is 11.3 Å². The molecule has 0 aliphatic carbocycles. The maximum Gasteiger partial charge on any atom is 0.273 e. The monoisotopic (exact) mass is 369 g/mol. The minimum absolute atomic E-state index is 0.0670. The molecule has 1 saturated heterocycles. The predicted molar refractivity (Wildman–Crippen MR) is 86.0 cm³/mol. The summed E-state index contributed by atoms with van der Waals surface area (Å²) in [7, 11) is 0. The zero-order chi connectivity index (χ0) is 14.8. The minimum Gasteiger partial charge on any atom is -0.465 e. The molecule has 7 heteroatoms. The Morgan fingerprint density at radius 1 is 1.48 bits per heavy atom. The van der Waals surface area contributed by atoms with Crippen LogP contribution in [0.4, 0.5) is 5.69 Å². The first-order valence-corrected chi connectivity index (χ1v) is 8.43. The molecule has 2 aromatic heterocycles. The third-order valence-electron chi connectivity index (χ3n) is 3.42. The van der Waals surface area contributed by atoms with Crippen LogP contribution in [0.1, 0.15) is 17.8 Å². The fourth-order valence-corrected chi connectivity index (χ4v) is 3.50. The average Bonchev–Trinajstić information content (AvgIpc) is 3.08. The van der Waals surface area contributed by atoms with Crippen LogP contribution in [0.3, 0.4) is 0 Å². The molecule has 1 aliphatic heterocycles. The van der Waals surface area contributed by atoms with E-state index in [1.165, 1.54) is 11.3 Å². The summed E-state index contributed by atoms with van der Waals surface area (Å²) in [6.45, 7) is 3.58. The minimum atomic E-state index is -0.0670. The number of pyridine rings is 1. The molecule has 0 radical (unpaired) electrons. The SMILES string of the molecule is Cc1csc(O[C@H]2CCN(c3ccc(Br)nc3CO)C2)n1. The molecule has 3 rings (SSSR count). The Labute approximate surface area is 135 Å². The first-order valence-electron chi connectivity index (χ1n) is 6.75. The molecule has 0 amide bonds. The maximum atomic E-state index is 9.46. The Balaban J connectivity index is 1.69. The van der Waals surface area contributed by atoms with Crippen LogP contribution in [0.25, 0.3) is 0 Å². The van der Waals surface area contributed by atoms with Crippen molar-refractivity contribution in [2.45, 2.75) is 26.1 Å². The molecule has 21 heavy (non-hydrogen) atoms. The van der Waals surface area contributed by atoms with E-state index in [0.717, 1.165) is 40.7 Å². The van der Waals surface area contributed by atoms with Crippen molar-refractivity contribution in [3.05, 3.63) is 33.5 Å². The van der Waals surface area contributed by atoms with E-state index in [-0.39, 0.29) is 12.7 Å². The summed E-state index contributed by atoms with van der Waals surface area (Å²) in [6, 6.07) is 3.88. The van der Waals surface area contributed by atoms with E-state index in [9.17, 15) is 5.11 Å². The molecular formula is C14H16BrN3O2S. The summed E-state index contributed by atoms with van der Waals surface area (Å²) in [5, 5.41) is 12.2. The van der Waals surface area contributed by atoms with E-state index in [1.54, 1.807) is 0 Å². The Morgan fingerprint density at radius 3 is 3.05 bits per heavy atom. The lowest BCUT2D eigenvalue weighted by molar-refractivity contribution is 0.223. The topological polar surface area (TPSA) is 58.5 Å². The Kier molecular flexibility index (Phi) is 4.42. The van der Waals surface area contributed by atoms with E-state index in [1.807, 2.05) is 24.4 Å². The lowest BCUT2D eigenvalue weighted by Crippen LogP contribution is -2.25. The van der Waals surface area contributed by atoms with Crippen molar-refractivity contribution in [1.29, 1.82) is 0 Å². The van der Waals surface area contributed by atoms with Gasteiger partial charge in [-0.15, -0.1) is 0 Å². The van der Waals surface area contributed by atoms with Crippen LogP contribution in [0.15, 0.2) is 22.1 Å². The van der Waals surface area contributed by atoms with Crippen molar-refractivity contribution < 1.29 is 9.84 Å². The highest BCUT2D eigenvalue weighted by atomic mass is 79.9. The first kappa shape index (κ1) is 14.7. The van der Waals surface area contributed by atoms with Gasteiger partial charge in [0.2, 0.25) is 0 Å². The van der Waals surface area contributed by atoms with Gasteiger partial charge in [-0.3, -0.25) is 0 Å². The number of ether oxygens (including phenoxy) is 1. The molecule has 1 atom stereocenters. The molecule has 0 bridgehead atoms. The number of hydrogen-bond acceptors (Lipinski definition) is 6. The fourth-order valence-electron chi connectivity index (χ4n) is 2.44. The summed E-state index contributed by atoms with van der Waals surface area (Å²) < 4.78 is 6.66. The van der Waals surface area contributed by atoms with Gasteiger partial charge in [-0.25, -0.2) is 9.97 Å². The number of hydrogen-bond donors (Lipinski definition) is 1. The number of aliphatic hydroxyl groups excluding tert-OH is 1. The number of halogens is 1. The van der Waals surface area contributed by atoms with Crippen LogP contribution >= 0.6 is 27.3 Å². The predicted octanol–water partition coefficient (Wildman–Crippen LogP) is 2.76. The van der Waals surface area contributed by atoms with Gasteiger partial charge in [0.15, 0.2) is 0 Å². The molecular weight excluding hydrogens is 354 g/mol. The van der Waals surface area contributed by atoms with Crippen molar-refractivity contribution in [3.8, 4) is 5.19 Å². The Morgan fingerprint density at radius 2 is 2.33 bits per heavy atom. The number of rotatable bonds is 4. The van der Waals surface area contributed by atoms with Crippen LogP contribution in [0.5, 0.6) is 5.19 Å². The van der Waals surface area contributed by atoms with Crippen molar-refractivity contribution in [3.63, 3.8) is 0 Å². The van der Waals surface area contributed by atoms with Crippen molar-refractivity contribution in [2.75, 3.05) is 18.0 Å². The third-order valence-corrected chi connectivity index (χ3v) is 4.71. The molecule has 112 valence electrons. The largest absolute Gasteiger partial charge is 0.465 e. The van der Waals surface area contributed by atoms with Gasteiger partial charge < -0.3 is 14.7 Å². The van der Waals surface area contributed by atoms with Gasteiger partial charge in [0.05, 0.1) is 30.2 Å². The van der Waals surface area contributed by atoms with Crippen LogP contribution in [0, 0.1) is 6.92 Å². The standard InChI is InChI=1S/C14H16BrN3O2S/c1-9-8-21-14(16-9)20-10-4-5-18(6-10)12-2-3-13(15)17-11(12)7-19/h2-3,8,10,19H,4-7H2,1H3/t10-/m0/s1. The average molecular weight is 370 g/mol. The molecule has 0 unspecified atom stereocenters. The second-order valence-electron chi connectivity index (χ2n) is 4.99. The number of aliphatic hydroxyl groups is 1. The Bertz CT molecular complexity index is 634. The van der Waals surface area contributed by atoms with Gasteiger partial charge in [-0.05, 0) is 35.0 Å². The maximum absolute atomic E-state index is 9.46. The fraction of sp³-hybridized carbons (Fsp3) is 0.429. The normalized spacial score (nSPS) is 18.2. The van der Waals surface area contributed by atoms with Gasteiger partial charge in [0.1, 0.15) is 10.7 Å². The number of aromatic nitrogens is 2. The molecule has 0 spiro atoms. The van der Waals surface area contributed by atoms with E-state index in [2.05, 4.69) is 30.8 Å². The highest BCUT2D eigenvalue weighted by molar-refractivity contribution is 9.10. The number of thiazole rings is 1.